The Morgan fingerprint density at radius 2 is 2.04 bits per heavy atom. The number of aryl methyl sites for hydroxylation is 1. The average molecular weight is 378 g/mol. The molecular weight excluding hydrogens is 356 g/mol. The highest BCUT2D eigenvalue weighted by Gasteiger charge is 2.42. The van der Waals surface area contributed by atoms with E-state index in [0.717, 1.165) is 37.1 Å². The van der Waals surface area contributed by atoms with E-state index >= 15 is 0 Å². The van der Waals surface area contributed by atoms with Crippen molar-refractivity contribution in [3.8, 4) is 0 Å². The average Bonchev–Trinajstić information content (AvgIpc) is 3.41. The summed E-state index contributed by atoms with van der Waals surface area (Å²) in [7, 11) is 0. The van der Waals surface area contributed by atoms with Gasteiger partial charge in [0, 0.05) is 31.8 Å². The smallest absolute Gasteiger partial charge is 0.246 e. The maximum atomic E-state index is 12.6. The molecular formula is C20H22N6O2. The number of rotatable bonds is 3. The number of anilines is 1. The second-order valence-electron chi connectivity index (χ2n) is 7.92. The zero-order valence-corrected chi connectivity index (χ0v) is 15.5. The van der Waals surface area contributed by atoms with E-state index in [4.69, 9.17) is 0 Å². The first-order chi connectivity index (χ1) is 13.7. The summed E-state index contributed by atoms with van der Waals surface area (Å²) in [6.07, 6.45) is 11.8. The number of nitrogens with one attached hydrogen (secondary N) is 1. The SMILES string of the molecule is O=C1CCc2cc(/C=C/C(=O)N3CC4CC(n5cncn5)CC4C3)cnc2N1. The zero-order chi connectivity index (χ0) is 19.1. The summed E-state index contributed by atoms with van der Waals surface area (Å²) in [6.45, 7) is 1.63. The molecule has 2 amide bonds. The molecule has 0 radical (unpaired) electrons. The maximum Gasteiger partial charge on any atom is 0.246 e. The number of pyridine rings is 1. The van der Waals surface area contributed by atoms with E-state index in [0.29, 0.717) is 36.5 Å². The van der Waals surface area contributed by atoms with Crippen LogP contribution < -0.4 is 5.32 Å². The first kappa shape index (κ1) is 17.1. The van der Waals surface area contributed by atoms with E-state index in [2.05, 4.69) is 20.4 Å². The summed E-state index contributed by atoms with van der Waals surface area (Å²) in [5.74, 6) is 1.78. The molecule has 2 atom stereocenters. The molecule has 28 heavy (non-hydrogen) atoms. The van der Waals surface area contributed by atoms with Gasteiger partial charge >= 0.3 is 0 Å². The lowest BCUT2D eigenvalue weighted by atomic mass is 10.0. The first-order valence-electron chi connectivity index (χ1n) is 9.75. The highest BCUT2D eigenvalue weighted by atomic mass is 16.2. The summed E-state index contributed by atoms with van der Waals surface area (Å²) < 4.78 is 1.95. The Hall–Kier alpha value is -3.03. The van der Waals surface area contributed by atoms with Crippen molar-refractivity contribution in [2.45, 2.75) is 31.7 Å². The van der Waals surface area contributed by atoms with E-state index in [1.807, 2.05) is 21.7 Å². The molecule has 2 unspecified atom stereocenters. The number of carbonyl (C=O) groups excluding carboxylic acids is 2. The predicted molar refractivity (Wildman–Crippen MR) is 102 cm³/mol. The van der Waals surface area contributed by atoms with Crippen molar-refractivity contribution in [3.05, 3.63) is 42.1 Å². The number of amides is 2. The molecule has 0 aromatic carbocycles. The van der Waals surface area contributed by atoms with Crippen molar-refractivity contribution in [1.82, 2.24) is 24.6 Å². The third kappa shape index (κ3) is 3.19. The number of likely N-dealkylation sites (tertiary alicyclic amines) is 1. The maximum absolute atomic E-state index is 12.6. The number of nitrogens with zero attached hydrogens (tertiary/aromatic N) is 5. The van der Waals surface area contributed by atoms with Gasteiger partial charge in [-0.15, -0.1) is 0 Å². The zero-order valence-electron chi connectivity index (χ0n) is 15.5. The molecule has 8 heteroatoms. The lowest BCUT2D eigenvalue weighted by Crippen LogP contribution is -2.28. The highest BCUT2D eigenvalue weighted by molar-refractivity contribution is 5.94. The lowest BCUT2D eigenvalue weighted by molar-refractivity contribution is -0.125. The molecule has 0 bridgehead atoms. The van der Waals surface area contributed by atoms with Crippen LogP contribution in [0.4, 0.5) is 5.82 Å². The highest BCUT2D eigenvalue weighted by Crippen LogP contribution is 2.43. The third-order valence-corrected chi connectivity index (χ3v) is 6.13. The molecule has 1 N–H and O–H groups in total. The van der Waals surface area contributed by atoms with Crippen LogP contribution in [0.15, 0.2) is 31.0 Å². The molecule has 2 aliphatic heterocycles. The van der Waals surface area contributed by atoms with Gasteiger partial charge in [-0.3, -0.25) is 9.59 Å². The van der Waals surface area contributed by atoms with Gasteiger partial charge in [-0.1, -0.05) is 0 Å². The van der Waals surface area contributed by atoms with Crippen LogP contribution >= 0.6 is 0 Å². The lowest BCUT2D eigenvalue weighted by Gasteiger charge is -2.18. The monoisotopic (exact) mass is 378 g/mol. The normalized spacial score (nSPS) is 26.4. The molecule has 4 heterocycles. The first-order valence-corrected chi connectivity index (χ1v) is 9.75. The van der Waals surface area contributed by atoms with Crippen LogP contribution in [-0.2, 0) is 16.0 Å². The summed E-state index contributed by atoms with van der Waals surface area (Å²) in [5, 5.41) is 7.04. The van der Waals surface area contributed by atoms with Crippen LogP contribution in [0, 0.1) is 11.8 Å². The molecule has 2 aromatic heterocycles. The van der Waals surface area contributed by atoms with E-state index in [-0.39, 0.29) is 11.8 Å². The van der Waals surface area contributed by atoms with E-state index in [9.17, 15) is 9.59 Å². The number of carbonyl (C=O) groups is 2. The van der Waals surface area contributed by atoms with E-state index < -0.39 is 0 Å². The van der Waals surface area contributed by atoms with Gasteiger partial charge < -0.3 is 10.2 Å². The Kier molecular flexibility index (Phi) is 4.18. The molecule has 1 saturated carbocycles. The van der Waals surface area contributed by atoms with Crippen molar-refractivity contribution in [3.63, 3.8) is 0 Å². The number of hydrogen-bond donors (Lipinski definition) is 1. The van der Waals surface area contributed by atoms with Gasteiger partial charge in [0.2, 0.25) is 11.8 Å². The largest absolute Gasteiger partial charge is 0.339 e. The Balaban J connectivity index is 1.20. The van der Waals surface area contributed by atoms with E-state index in [1.54, 1.807) is 24.9 Å². The Labute approximate surface area is 162 Å². The second kappa shape index (κ2) is 6.85. The van der Waals surface area contributed by atoms with Crippen LogP contribution in [0.2, 0.25) is 0 Å². The fourth-order valence-corrected chi connectivity index (χ4v) is 4.71. The quantitative estimate of drug-likeness (QED) is 0.821. The summed E-state index contributed by atoms with van der Waals surface area (Å²) in [4.78, 5) is 34.3. The van der Waals surface area contributed by atoms with Crippen LogP contribution in [0.1, 0.15) is 36.4 Å². The molecule has 8 nitrogen and oxygen atoms in total. The Bertz CT molecular complexity index is 924. The van der Waals surface area contributed by atoms with Crippen molar-refractivity contribution < 1.29 is 9.59 Å². The second-order valence-corrected chi connectivity index (χ2v) is 7.92. The molecule has 1 aliphatic carbocycles. The van der Waals surface area contributed by atoms with Gasteiger partial charge in [-0.25, -0.2) is 14.6 Å². The number of hydrogen-bond acceptors (Lipinski definition) is 5. The van der Waals surface area contributed by atoms with Crippen LogP contribution in [0.3, 0.4) is 0 Å². The van der Waals surface area contributed by atoms with E-state index in [1.165, 1.54) is 0 Å². The van der Waals surface area contributed by atoms with Gasteiger partial charge in [0.1, 0.15) is 18.5 Å². The van der Waals surface area contributed by atoms with Crippen molar-refractivity contribution >= 4 is 23.7 Å². The third-order valence-electron chi connectivity index (χ3n) is 6.13. The molecule has 2 aromatic rings. The molecule has 5 rings (SSSR count). The summed E-state index contributed by atoms with van der Waals surface area (Å²) in [6, 6.07) is 2.40. The van der Waals surface area contributed by atoms with Crippen molar-refractivity contribution in [2.75, 3.05) is 18.4 Å². The minimum absolute atomic E-state index is 0.00381. The van der Waals surface area contributed by atoms with Crippen molar-refractivity contribution in [1.29, 1.82) is 0 Å². The fraction of sp³-hybridized carbons (Fsp3) is 0.450. The van der Waals surface area contributed by atoms with Gasteiger partial charge in [0.15, 0.2) is 0 Å². The van der Waals surface area contributed by atoms with Gasteiger partial charge in [0.25, 0.3) is 0 Å². The standard InChI is InChI=1S/C20H22N6O2/c27-18-3-2-14-5-13(8-22-20(14)24-18)1-4-19(28)25-9-15-6-17(7-16(15)10-25)26-12-21-11-23-26/h1,4-5,8,11-12,15-17H,2-3,6-7,9-10H2,(H,22,24,27)/b4-1+. The fourth-order valence-electron chi connectivity index (χ4n) is 4.71. The van der Waals surface area contributed by atoms with Crippen LogP contribution in [0.25, 0.3) is 6.08 Å². The minimum Gasteiger partial charge on any atom is -0.339 e. The number of fused-ring (bicyclic) bond motifs is 2. The topological polar surface area (TPSA) is 93.0 Å². The predicted octanol–water partition coefficient (Wildman–Crippen LogP) is 1.68. The molecule has 1 saturated heterocycles. The van der Waals surface area contributed by atoms with Gasteiger partial charge in [-0.2, -0.15) is 5.10 Å². The molecule has 3 aliphatic rings. The van der Waals surface area contributed by atoms with Gasteiger partial charge in [-0.05, 0) is 54.4 Å². The van der Waals surface area contributed by atoms with Crippen LogP contribution in [0.5, 0.6) is 0 Å². The summed E-state index contributed by atoms with van der Waals surface area (Å²) >= 11 is 0. The summed E-state index contributed by atoms with van der Waals surface area (Å²) in [5.41, 5.74) is 1.90. The Morgan fingerprint density at radius 3 is 2.79 bits per heavy atom. The van der Waals surface area contributed by atoms with Crippen LogP contribution in [-0.4, -0.2) is 49.6 Å². The molecule has 0 spiro atoms. The molecule has 144 valence electrons. The number of aromatic nitrogens is 4. The minimum atomic E-state index is 0.00381. The van der Waals surface area contributed by atoms with Gasteiger partial charge in [0.05, 0.1) is 6.04 Å². The molecule has 2 fully saturated rings. The Morgan fingerprint density at radius 1 is 1.21 bits per heavy atom. The van der Waals surface area contributed by atoms with Crippen molar-refractivity contribution in [2.24, 2.45) is 11.8 Å².